The largest absolute Gasteiger partial charge is 0.419 e. The van der Waals surface area contributed by atoms with Crippen LogP contribution in [0.3, 0.4) is 0 Å². The SMILES string of the molecule is CC1(C)OC(=O)C(=CNc2ccccc2C#N)C(=O)O1. The van der Waals surface area contributed by atoms with Crippen molar-refractivity contribution in [3.05, 3.63) is 41.6 Å². The Bertz CT molecular complexity index is 619. The van der Waals surface area contributed by atoms with Crippen LogP contribution in [0.25, 0.3) is 0 Å². The third-order valence-corrected chi connectivity index (χ3v) is 2.54. The fourth-order valence-corrected chi connectivity index (χ4v) is 1.63. The zero-order valence-corrected chi connectivity index (χ0v) is 11.0. The summed E-state index contributed by atoms with van der Waals surface area (Å²) in [7, 11) is 0. The molecule has 0 saturated carbocycles. The van der Waals surface area contributed by atoms with Crippen LogP contribution >= 0.6 is 0 Å². The highest BCUT2D eigenvalue weighted by atomic mass is 16.7. The topological polar surface area (TPSA) is 88.4 Å². The van der Waals surface area contributed by atoms with Gasteiger partial charge in [-0.2, -0.15) is 5.26 Å². The lowest BCUT2D eigenvalue weighted by Gasteiger charge is -2.29. The number of nitrogens with one attached hydrogen (secondary N) is 1. The van der Waals surface area contributed by atoms with Gasteiger partial charge in [0.25, 0.3) is 5.79 Å². The summed E-state index contributed by atoms with van der Waals surface area (Å²) in [4.78, 5) is 23.4. The van der Waals surface area contributed by atoms with Gasteiger partial charge >= 0.3 is 11.9 Å². The summed E-state index contributed by atoms with van der Waals surface area (Å²) in [5.41, 5.74) is 0.618. The van der Waals surface area contributed by atoms with Crippen molar-refractivity contribution in [1.29, 1.82) is 5.26 Å². The summed E-state index contributed by atoms with van der Waals surface area (Å²) < 4.78 is 9.89. The number of anilines is 1. The quantitative estimate of drug-likeness (QED) is 0.500. The fourth-order valence-electron chi connectivity index (χ4n) is 1.63. The average molecular weight is 272 g/mol. The molecule has 0 spiro atoms. The van der Waals surface area contributed by atoms with E-state index in [4.69, 9.17) is 14.7 Å². The van der Waals surface area contributed by atoms with E-state index in [2.05, 4.69) is 5.32 Å². The molecule has 0 amide bonds. The van der Waals surface area contributed by atoms with Crippen LogP contribution in [0.15, 0.2) is 36.0 Å². The zero-order valence-electron chi connectivity index (χ0n) is 11.0. The molecule has 0 aliphatic carbocycles. The van der Waals surface area contributed by atoms with E-state index in [0.717, 1.165) is 0 Å². The second-order valence-corrected chi connectivity index (χ2v) is 4.54. The number of carbonyl (C=O) groups is 2. The number of carbonyl (C=O) groups excluding carboxylic acids is 2. The lowest BCUT2D eigenvalue weighted by atomic mass is 10.2. The van der Waals surface area contributed by atoms with E-state index in [1.165, 1.54) is 20.0 Å². The summed E-state index contributed by atoms with van der Waals surface area (Å²) in [5, 5.41) is 11.7. The van der Waals surface area contributed by atoms with Crippen LogP contribution in [0.1, 0.15) is 19.4 Å². The maximum absolute atomic E-state index is 11.7. The molecule has 1 fully saturated rings. The lowest BCUT2D eigenvalue weighted by molar-refractivity contribution is -0.222. The summed E-state index contributed by atoms with van der Waals surface area (Å²) in [6, 6.07) is 8.69. The van der Waals surface area contributed by atoms with E-state index in [9.17, 15) is 9.59 Å². The molecule has 1 aliphatic rings. The van der Waals surface area contributed by atoms with Crippen molar-refractivity contribution < 1.29 is 19.1 Å². The van der Waals surface area contributed by atoms with Crippen LogP contribution in [0, 0.1) is 11.3 Å². The Hall–Kier alpha value is -2.81. The highest BCUT2D eigenvalue weighted by molar-refractivity contribution is 6.15. The van der Waals surface area contributed by atoms with Gasteiger partial charge in [-0.1, -0.05) is 12.1 Å². The summed E-state index contributed by atoms with van der Waals surface area (Å²) in [6.45, 7) is 2.94. The van der Waals surface area contributed by atoms with Crippen molar-refractivity contribution in [2.45, 2.75) is 19.6 Å². The van der Waals surface area contributed by atoms with Crippen LogP contribution in [0.5, 0.6) is 0 Å². The molecule has 0 bridgehead atoms. The number of benzene rings is 1. The number of ether oxygens (including phenoxy) is 2. The van der Waals surface area contributed by atoms with E-state index in [-0.39, 0.29) is 5.57 Å². The maximum Gasteiger partial charge on any atom is 0.350 e. The molecule has 1 N–H and O–H groups in total. The first-order valence-corrected chi connectivity index (χ1v) is 5.85. The number of cyclic esters (lactones) is 2. The number of hydrogen-bond acceptors (Lipinski definition) is 6. The molecule has 102 valence electrons. The average Bonchev–Trinajstić information content (AvgIpc) is 2.36. The van der Waals surface area contributed by atoms with Gasteiger partial charge in [0, 0.05) is 20.0 Å². The van der Waals surface area contributed by atoms with E-state index in [1.54, 1.807) is 24.3 Å². The second kappa shape index (κ2) is 5.05. The number of nitriles is 1. The van der Waals surface area contributed by atoms with E-state index in [0.29, 0.717) is 11.3 Å². The summed E-state index contributed by atoms with van der Waals surface area (Å²) in [5.74, 6) is -2.81. The Morgan fingerprint density at radius 3 is 2.40 bits per heavy atom. The second-order valence-electron chi connectivity index (χ2n) is 4.54. The fraction of sp³-hybridized carbons (Fsp3) is 0.214. The van der Waals surface area contributed by atoms with Crippen molar-refractivity contribution in [3.8, 4) is 6.07 Å². The molecule has 0 unspecified atom stereocenters. The number of hydrogen-bond donors (Lipinski definition) is 1. The van der Waals surface area contributed by atoms with Gasteiger partial charge in [-0.3, -0.25) is 0 Å². The molecule has 2 rings (SSSR count). The molecule has 1 heterocycles. The Morgan fingerprint density at radius 1 is 1.20 bits per heavy atom. The monoisotopic (exact) mass is 272 g/mol. The summed E-state index contributed by atoms with van der Waals surface area (Å²) >= 11 is 0. The minimum atomic E-state index is -1.27. The van der Waals surface area contributed by atoms with E-state index in [1.807, 2.05) is 6.07 Å². The number of nitrogens with zero attached hydrogens (tertiary/aromatic N) is 1. The molecule has 1 saturated heterocycles. The van der Waals surface area contributed by atoms with Gasteiger partial charge < -0.3 is 14.8 Å². The van der Waals surface area contributed by atoms with Crippen LogP contribution in [0.4, 0.5) is 5.69 Å². The smallest absolute Gasteiger partial charge is 0.350 e. The molecule has 1 aromatic carbocycles. The Balaban J connectivity index is 2.22. The minimum absolute atomic E-state index is 0.253. The number of rotatable bonds is 2. The third-order valence-electron chi connectivity index (χ3n) is 2.54. The predicted octanol–water partition coefficient (Wildman–Crippen LogP) is 1.69. The van der Waals surface area contributed by atoms with Gasteiger partial charge in [-0.25, -0.2) is 9.59 Å². The molecule has 0 aromatic heterocycles. The Morgan fingerprint density at radius 2 is 1.80 bits per heavy atom. The molecule has 6 nitrogen and oxygen atoms in total. The van der Waals surface area contributed by atoms with Gasteiger partial charge in [-0.15, -0.1) is 0 Å². The molecule has 6 heteroatoms. The van der Waals surface area contributed by atoms with Gasteiger partial charge in [0.1, 0.15) is 6.07 Å². The molecule has 20 heavy (non-hydrogen) atoms. The van der Waals surface area contributed by atoms with Crippen molar-refractivity contribution in [3.63, 3.8) is 0 Å². The zero-order chi connectivity index (χ0) is 14.8. The highest BCUT2D eigenvalue weighted by Gasteiger charge is 2.38. The number of esters is 2. The molecular weight excluding hydrogens is 260 g/mol. The van der Waals surface area contributed by atoms with Crippen LogP contribution in [-0.2, 0) is 19.1 Å². The molecule has 0 radical (unpaired) electrons. The van der Waals surface area contributed by atoms with Crippen molar-refractivity contribution in [2.75, 3.05) is 5.32 Å². The minimum Gasteiger partial charge on any atom is -0.419 e. The van der Waals surface area contributed by atoms with E-state index >= 15 is 0 Å². The lowest BCUT2D eigenvalue weighted by Crippen LogP contribution is -2.42. The first kappa shape index (κ1) is 13.6. The Labute approximate surface area is 115 Å². The molecule has 1 aliphatic heterocycles. The molecular formula is C14H12N2O4. The third kappa shape index (κ3) is 2.78. The van der Waals surface area contributed by atoms with Crippen molar-refractivity contribution >= 4 is 17.6 Å². The normalized spacial score (nSPS) is 16.8. The number of para-hydroxylation sites is 1. The first-order valence-electron chi connectivity index (χ1n) is 5.85. The summed E-state index contributed by atoms with van der Waals surface area (Å²) in [6.07, 6.45) is 1.18. The van der Waals surface area contributed by atoms with Crippen LogP contribution in [0.2, 0.25) is 0 Å². The Kier molecular flexibility index (Phi) is 3.44. The highest BCUT2D eigenvalue weighted by Crippen LogP contribution is 2.23. The predicted molar refractivity (Wildman–Crippen MR) is 69.1 cm³/mol. The van der Waals surface area contributed by atoms with Gasteiger partial charge in [-0.05, 0) is 12.1 Å². The van der Waals surface area contributed by atoms with Crippen LogP contribution in [-0.4, -0.2) is 17.7 Å². The van der Waals surface area contributed by atoms with Gasteiger partial charge in [0.05, 0.1) is 11.3 Å². The van der Waals surface area contributed by atoms with E-state index < -0.39 is 17.7 Å². The molecule has 1 aromatic rings. The van der Waals surface area contributed by atoms with Crippen molar-refractivity contribution in [1.82, 2.24) is 0 Å². The van der Waals surface area contributed by atoms with Gasteiger partial charge in [0.2, 0.25) is 0 Å². The first-order chi connectivity index (χ1) is 9.43. The van der Waals surface area contributed by atoms with Gasteiger partial charge in [0.15, 0.2) is 5.57 Å². The molecule has 0 atom stereocenters. The maximum atomic E-state index is 11.7. The van der Waals surface area contributed by atoms with Crippen LogP contribution < -0.4 is 5.32 Å². The van der Waals surface area contributed by atoms with Crippen molar-refractivity contribution in [2.24, 2.45) is 0 Å². The standard InChI is InChI=1S/C14H12N2O4/c1-14(2)19-12(17)10(13(18)20-14)8-16-11-6-4-3-5-9(11)7-15/h3-6,8,16H,1-2H3.